The lowest BCUT2D eigenvalue weighted by Gasteiger charge is -2.29. The summed E-state index contributed by atoms with van der Waals surface area (Å²) in [5, 5.41) is 12.4. The van der Waals surface area contributed by atoms with Crippen LogP contribution in [0.5, 0.6) is 5.75 Å². The van der Waals surface area contributed by atoms with Gasteiger partial charge >= 0.3 is 12.2 Å². The SMILES string of the molecule is CC(C)NC(=O)c1cc(NC(=O)n2ccc3cc(OC4=NCNC5=C4CC(C)NC5)ccc32)cc(C(F)(F)F)c1. The van der Waals surface area contributed by atoms with Gasteiger partial charge in [-0.1, -0.05) is 0 Å². The molecule has 1 unspecified atom stereocenters. The summed E-state index contributed by atoms with van der Waals surface area (Å²) in [6.45, 7) is 6.62. The zero-order valence-corrected chi connectivity index (χ0v) is 22.1. The van der Waals surface area contributed by atoms with Crippen LogP contribution in [0.4, 0.5) is 23.7 Å². The van der Waals surface area contributed by atoms with Crippen LogP contribution in [0.25, 0.3) is 10.9 Å². The molecule has 1 aromatic heterocycles. The number of amides is 2. The number of carbonyl (C=O) groups excluding carboxylic acids is 2. The number of rotatable bonds is 4. The molecule has 0 fully saturated rings. The predicted octanol–water partition coefficient (Wildman–Crippen LogP) is 4.85. The molecule has 40 heavy (non-hydrogen) atoms. The summed E-state index contributed by atoms with van der Waals surface area (Å²) in [5.41, 5.74) is 1.21. The van der Waals surface area contributed by atoms with Gasteiger partial charge in [0.25, 0.3) is 5.91 Å². The standard InChI is InChI=1S/C28H29F3N6O3/c1-15(2)35-25(38)18-9-19(28(29,30)31)12-20(10-18)36-27(39)37-7-6-17-11-21(4-5-24(17)37)40-26-22-8-16(3)32-13-23(22)33-14-34-26/h4-7,9-12,15-16,32-33H,8,13-14H2,1-3H3,(H,35,38)(H,36,39). The lowest BCUT2D eigenvalue weighted by atomic mass is 10.00. The van der Waals surface area contributed by atoms with Crippen LogP contribution in [-0.4, -0.2) is 47.7 Å². The monoisotopic (exact) mass is 554 g/mol. The van der Waals surface area contributed by atoms with E-state index >= 15 is 0 Å². The summed E-state index contributed by atoms with van der Waals surface area (Å²) in [5.74, 6) is 0.430. The summed E-state index contributed by atoms with van der Waals surface area (Å²) in [7, 11) is 0. The number of aromatic nitrogens is 1. The molecular formula is C28H29F3N6O3. The Morgan fingerprint density at radius 3 is 2.70 bits per heavy atom. The molecule has 0 saturated heterocycles. The van der Waals surface area contributed by atoms with Crippen molar-refractivity contribution in [3.8, 4) is 5.75 Å². The maximum absolute atomic E-state index is 13.5. The van der Waals surface area contributed by atoms with Crippen molar-refractivity contribution in [2.45, 2.75) is 45.5 Å². The second-order valence-electron chi connectivity index (χ2n) is 10.1. The molecule has 2 aliphatic heterocycles. The number of hydrogen-bond acceptors (Lipinski definition) is 6. The van der Waals surface area contributed by atoms with Crippen molar-refractivity contribution in [2.75, 3.05) is 18.5 Å². The second-order valence-corrected chi connectivity index (χ2v) is 10.1. The van der Waals surface area contributed by atoms with Crippen LogP contribution in [0.2, 0.25) is 0 Å². The van der Waals surface area contributed by atoms with E-state index in [-0.39, 0.29) is 17.3 Å². The van der Waals surface area contributed by atoms with Crippen molar-refractivity contribution in [1.29, 1.82) is 0 Å². The zero-order chi connectivity index (χ0) is 28.6. The number of aliphatic imine (C=N–C) groups is 1. The van der Waals surface area contributed by atoms with E-state index in [1.807, 2.05) is 0 Å². The Labute approximate surface area is 228 Å². The first-order chi connectivity index (χ1) is 19.0. The Bertz CT molecular complexity index is 1540. The van der Waals surface area contributed by atoms with Gasteiger partial charge in [-0.05, 0) is 69.7 Å². The smallest absolute Gasteiger partial charge is 0.416 e. The molecule has 0 spiro atoms. The van der Waals surface area contributed by atoms with Crippen LogP contribution in [0.3, 0.4) is 0 Å². The maximum Gasteiger partial charge on any atom is 0.416 e. The van der Waals surface area contributed by atoms with Crippen LogP contribution >= 0.6 is 0 Å². The average Bonchev–Trinajstić information content (AvgIpc) is 3.31. The summed E-state index contributed by atoms with van der Waals surface area (Å²) in [6.07, 6.45) is -2.41. The van der Waals surface area contributed by atoms with Crippen LogP contribution in [0.1, 0.15) is 43.1 Å². The summed E-state index contributed by atoms with van der Waals surface area (Å²) in [4.78, 5) is 30.0. The lowest BCUT2D eigenvalue weighted by molar-refractivity contribution is -0.137. The van der Waals surface area contributed by atoms with Crippen molar-refractivity contribution in [1.82, 2.24) is 20.5 Å². The van der Waals surface area contributed by atoms with Gasteiger partial charge in [0.15, 0.2) is 0 Å². The fourth-order valence-electron chi connectivity index (χ4n) is 4.66. The van der Waals surface area contributed by atoms with E-state index in [1.54, 1.807) is 38.1 Å². The summed E-state index contributed by atoms with van der Waals surface area (Å²) < 4.78 is 48.0. The number of alkyl halides is 3. The Morgan fingerprint density at radius 1 is 1.15 bits per heavy atom. The van der Waals surface area contributed by atoms with E-state index in [2.05, 4.69) is 33.2 Å². The minimum absolute atomic E-state index is 0.153. The highest BCUT2D eigenvalue weighted by atomic mass is 19.4. The van der Waals surface area contributed by atoms with E-state index in [4.69, 9.17) is 4.74 Å². The average molecular weight is 555 g/mol. The van der Waals surface area contributed by atoms with Crippen molar-refractivity contribution in [3.05, 3.63) is 71.1 Å². The topological polar surface area (TPSA) is 109 Å². The molecule has 4 N–H and O–H groups in total. The predicted molar refractivity (Wildman–Crippen MR) is 146 cm³/mol. The minimum Gasteiger partial charge on any atom is -0.439 e. The van der Waals surface area contributed by atoms with E-state index in [9.17, 15) is 22.8 Å². The van der Waals surface area contributed by atoms with E-state index < -0.39 is 23.7 Å². The van der Waals surface area contributed by atoms with Gasteiger partial charge in [0, 0.05) is 52.7 Å². The van der Waals surface area contributed by atoms with E-state index in [1.165, 1.54) is 16.8 Å². The van der Waals surface area contributed by atoms with Gasteiger partial charge in [-0.25, -0.2) is 9.79 Å². The first-order valence-corrected chi connectivity index (χ1v) is 12.9. The van der Waals surface area contributed by atoms with Crippen molar-refractivity contribution in [2.24, 2.45) is 4.99 Å². The number of carbonyl (C=O) groups is 2. The maximum atomic E-state index is 13.5. The van der Waals surface area contributed by atoms with Gasteiger partial charge in [-0.3, -0.25) is 9.36 Å². The normalized spacial score (nSPS) is 17.3. The summed E-state index contributed by atoms with van der Waals surface area (Å²) >= 11 is 0. The third kappa shape index (κ3) is 5.81. The van der Waals surface area contributed by atoms with Gasteiger partial charge in [0.05, 0.1) is 11.1 Å². The van der Waals surface area contributed by atoms with Gasteiger partial charge in [-0.15, -0.1) is 0 Å². The van der Waals surface area contributed by atoms with E-state index in [0.717, 1.165) is 29.8 Å². The fourth-order valence-corrected chi connectivity index (χ4v) is 4.66. The number of ether oxygens (including phenoxy) is 1. The Kier molecular flexibility index (Phi) is 7.28. The molecule has 0 radical (unpaired) electrons. The van der Waals surface area contributed by atoms with Gasteiger partial charge in [0.1, 0.15) is 12.4 Å². The highest BCUT2D eigenvalue weighted by Gasteiger charge is 2.32. The van der Waals surface area contributed by atoms with Gasteiger partial charge in [0.2, 0.25) is 5.90 Å². The molecule has 3 aromatic rings. The van der Waals surface area contributed by atoms with Crippen molar-refractivity contribution >= 4 is 34.4 Å². The minimum atomic E-state index is -4.70. The fraction of sp³-hybridized carbons (Fsp3) is 0.321. The molecule has 2 aliphatic rings. The number of fused-ring (bicyclic) bond motifs is 1. The molecule has 0 aliphatic carbocycles. The lowest BCUT2D eigenvalue weighted by Crippen LogP contribution is -2.42. The van der Waals surface area contributed by atoms with Gasteiger partial charge < -0.3 is 26.0 Å². The molecule has 0 bridgehead atoms. The number of nitrogens with one attached hydrogen (secondary N) is 4. The highest BCUT2D eigenvalue weighted by Crippen LogP contribution is 2.32. The summed E-state index contributed by atoms with van der Waals surface area (Å²) in [6, 6.07) is 8.99. The van der Waals surface area contributed by atoms with Gasteiger partial charge in [-0.2, -0.15) is 13.2 Å². The molecule has 12 heteroatoms. The first kappa shape index (κ1) is 27.3. The Balaban J connectivity index is 1.37. The zero-order valence-electron chi connectivity index (χ0n) is 22.1. The van der Waals surface area contributed by atoms with E-state index in [0.29, 0.717) is 41.8 Å². The molecule has 3 heterocycles. The molecule has 2 amide bonds. The third-order valence-corrected chi connectivity index (χ3v) is 6.56. The second kappa shape index (κ2) is 10.7. The van der Waals surface area contributed by atoms with Crippen LogP contribution < -0.4 is 26.0 Å². The van der Waals surface area contributed by atoms with Crippen LogP contribution in [0.15, 0.2) is 64.9 Å². The van der Waals surface area contributed by atoms with Crippen molar-refractivity contribution < 1.29 is 27.5 Å². The molecule has 210 valence electrons. The number of halogens is 3. The third-order valence-electron chi connectivity index (χ3n) is 6.56. The first-order valence-electron chi connectivity index (χ1n) is 12.9. The Morgan fingerprint density at radius 2 is 1.95 bits per heavy atom. The molecular weight excluding hydrogens is 525 g/mol. The molecule has 2 aromatic carbocycles. The number of nitrogens with zero attached hydrogens (tertiary/aromatic N) is 2. The largest absolute Gasteiger partial charge is 0.439 e. The Hall–Kier alpha value is -4.32. The van der Waals surface area contributed by atoms with Crippen molar-refractivity contribution in [3.63, 3.8) is 0 Å². The molecule has 0 saturated carbocycles. The quantitative estimate of drug-likeness (QED) is 0.369. The molecule has 9 nitrogen and oxygen atoms in total. The molecule has 1 atom stereocenters. The molecule has 5 rings (SSSR count). The highest BCUT2D eigenvalue weighted by molar-refractivity contribution is 6.01. The van der Waals surface area contributed by atoms with Crippen LogP contribution in [0, 0.1) is 0 Å². The van der Waals surface area contributed by atoms with Crippen LogP contribution in [-0.2, 0) is 6.18 Å². The number of benzene rings is 2. The number of hydrogen-bond donors (Lipinski definition) is 4. The number of anilines is 1.